The summed E-state index contributed by atoms with van der Waals surface area (Å²) in [4.78, 5) is 0. The highest BCUT2D eigenvalue weighted by atomic mass is 16.5. The van der Waals surface area contributed by atoms with E-state index in [1.165, 1.54) is 6.08 Å². The average molecular weight is 324 g/mol. The van der Waals surface area contributed by atoms with Gasteiger partial charge >= 0.3 is 0 Å². The summed E-state index contributed by atoms with van der Waals surface area (Å²) in [6.45, 7) is -6.33. The molecular formula is C21H30O2. The van der Waals surface area contributed by atoms with Gasteiger partial charge in [-0.1, -0.05) is 31.4 Å². The number of phenolic OH excluding ortho intramolecular Hbond substituents is 1. The molecule has 1 N–H and O–H groups in total. The third kappa shape index (κ3) is 3.13. The fourth-order valence-electron chi connectivity index (χ4n) is 3.71. The summed E-state index contributed by atoms with van der Waals surface area (Å²) in [5, 5.41) is 10.9. The number of aryl methyl sites for hydroxylation is 1. The standard InChI is InChI=1S/C21H30O2/c1-5-6-7-8-15-12-18(22)20-16-11-14(2)9-10-17(16)21(3,4)23-19(20)13-15/h11-13,16-17,22H,5-10H2,1-4H3/t16-,17-/m1/s1/i2D3,3D3,4D3. The van der Waals surface area contributed by atoms with Crippen molar-refractivity contribution in [2.24, 2.45) is 5.92 Å². The second-order valence-corrected chi connectivity index (χ2v) is 6.68. The van der Waals surface area contributed by atoms with Crippen molar-refractivity contribution in [3.05, 3.63) is 34.9 Å². The Labute approximate surface area is 153 Å². The van der Waals surface area contributed by atoms with Gasteiger partial charge in [-0.25, -0.2) is 0 Å². The van der Waals surface area contributed by atoms with Gasteiger partial charge in [-0.15, -0.1) is 0 Å². The SMILES string of the molecule is [2H]C([2H])([2H])C1=C[C@H]2c3c(O)cc(CCCCC)cc3OC(C([2H])([2H])[2H])(C([2H])([2H])[2H])[C@@H]2CC1. The highest BCUT2D eigenvalue weighted by Gasteiger charge is 2.45. The molecule has 0 saturated carbocycles. The minimum atomic E-state index is -3.00. The van der Waals surface area contributed by atoms with Crippen LogP contribution in [0.2, 0.25) is 0 Å². The Morgan fingerprint density at radius 1 is 1.35 bits per heavy atom. The Bertz CT molecular complexity index is 867. The summed E-state index contributed by atoms with van der Waals surface area (Å²) in [7, 11) is 0. The zero-order valence-corrected chi connectivity index (χ0v) is 13.5. The lowest BCUT2D eigenvalue weighted by molar-refractivity contribution is 0.0107. The molecule has 0 spiro atoms. The topological polar surface area (TPSA) is 29.5 Å². The van der Waals surface area contributed by atoms with Crippen LogP contribution in [0.1, 0.15) is 89.0 Å². The second-order valence-electron chi connectivity index (χ2n) is 6.68. The number of phenols is 1. The van der Waals surface area contributed by atoms with Gasteiger partial charge in [-0.2, -0.15) is 0 Å². The molecule has 2 nitrogen and oxygen atoms in total. The van der Waals surface area contributed by atoms with E-state index in [4.69, 9.17) is 17.1 Å². The van der Waals surface area contributed by atoms with Gasteiger partial charge in [0.25, 0.3) is 0 Å². The third-order valence-corrected chi connectivity index (χ3v) is 4.91. The van der Waals surface area contributed by atoms with E-state index in [2.05, 4.69) is 6.92 Å². The van der Waals surface area contributed by atoms with Crippen LogP contribution in [0, 0.1) is 5.92 Å². The molecule has 126 valence electrons. The molecule has 0 radical (unpaired) electrons. The van der Waals surface area contributed by atoms with E-state index in [0.29, 0.717) is 12.0 Å². The van der Waals surface area contributed by atoms with Crippen LogP contribution in [0.15, 0.2) is 23.8 Å². The summed E-state index contributed by atoms with van der Waals surface area (Å²) in [6.07, 6.45) is 4.95. The summed E-state index contributed by atoms with van der Waals surface area (Å²) in [5.74, 6) is -2.06. The van der Waals surface area contributed by atoms with Gasteiger partial charge in [-0.3, -0.25) is 0 Å². The lowest BCUT2D eigenvalue weighted by Gasteiger charge is -2.46. The second kappa shape index (κ2) is 6.22. The van der Waals surface area contributed by atoms with E-state index in [-0.39, 0.29) is 35.5 Å². The lowest BCUT2D eigenvalue weighted by atomic mass is 9.68. The van der Waals surface area contributed by atoms with Gasteiger partial charge < -0.3 is 9.84 Å². The van der Waals surface area contributed by atoms with Gasteiger partial charge in [0.2, 0.25) is 0 Å². The van der Waals surface area contributed by atoms with E-state index in [0.717, 1.165) is 19.3 Å². The molecular weight excluding hydrogens is 284 g/mol. The Morgan fingerprint density at radius 3 is 2.96 bits per heavy atom. The van der Waals surface area contributed by atoms with E-state index in [1.807, 2.05) is 0 Å². The highest BCUT2D eigenvalue weighted by molar-refractivity contribution is 5.53. The largest absolute Gasteiger partial charge is 0.507 e. The van der Waals surface area contributed by atoms with Gasteiger partial charge in [0.1, 0.15) is 17.1 Å². The van der Waals surface area contributed by atoms with Crippen LogP contribution >= 0.6 is 0 Å². The molecule has 0 fully saturated rings. The average Bonchev–Trinajstić information content (AvgIpc) is 2.64. The minimum absolute atomic E-state index is 0.00744. The molecule has 2 aliphatic rings. The summed E-state index contributed by atoms with van der Waals surface area (Å²) in [5.41, 5.74) is -1.39. The van der Waals surface area contributed by atoms with Crippen LogP contribution in [0.5, 0.6) is 11.5 Å². The number of ether oxygens (including phenoxy) is 1. The highest BCUT2D eigenvalue weighted by Crippen LogP contribution is 2.53. The van der Waals surface area contributed by atoms with Crippen molar-refractivity contribution in [1.29, 1.82) is 0 Å². The number of unbranched alkanes of at least 4 members (excludes halogenated alkanes) is 2. The van der Waals surface area contributed by atoms with Gasteiger partial charge in [0.15, 0.2) is 0 Å². The lowest BCUT2D eigenvalue weighted by Crippen LogP contribution is -2.45. The van der Waals surface area contributed by atoms with Crippen molar-refractivity contribution in [3.8, 4) is 11.5 Å². The zero-order chi connectivity index (χ0) is 24.1. The van der Waals surface area contributed by atoms with E-state index in [1.54, 1.807) is 12.1 Å². The first-order chi connectivity index (χ1) is 14.6. The first kappa shape index (κ1) is 8.60. The number of hydrogen-bond acceptors (Lipinski definition) is 2. The fourth-order valence-corrected chi connectivity index (χ4v) is 3.71. The quantitative estimate of drug-likeness (QED) is 0.566. The van der Waals surface area contributed by atoms with E-state index >= 15 is 0 Å². The maximum Gasteiger partial charge on any atom is 0.127 e. The predicted molar refractivity (Wildman–Crippen MR) is 95.3 cm³/mol. The molecule has 1 aliphatic carbocycles. The molecule has 1 heterocycles. The van der Waals surface area contributed by atoms with Gasteiger partial charge in [-0.05, 0) is 63.9 Å². The number of aromatic hydroxyl groups is 1. The molecule has 0 unspecified atom stereocenters. The van der Waals surface area contributed by atoms with Gasteiger partial charge in [0, 0.05) is 29.7 Å². The molecule has 0 saturated heterocycles. The Balaban J connectivity index is 2.24. The molecule has 0 bridgehead atoms. The monoisotopic (exact) mass is 323 g/mol. The van der Waals surface area contributed by atoms with Gasteiger partial charge in [0.05, 0.1) is 0 Å². The number of hydrogen-bond donors (Lipinski definition) is 1. The van der Waals surface area contributed by atoms with Crippen molar-refractivity contribution < 1.29 is 22.2 Å². The Kier molecular flexibility index (Phi) is 2.33. The van der Waals surface area contributed by atoms with E-state index in [9.17, 15) is 5.11 Å². The van der Waals surface area contributed by atoms with Crippen LogP contribution in [-0.4, -0.2) is 10.7 Å². The number of benzene rings is 1. The molecule has 2 heteroatoms. The fraction of sp³-hybridized carbons (Fsp3) is 0.619. The smallest absolute Gasteiger partial charge is 0.127 e. The molecule has 3 rings (SSSR count). The predicted octanol–water partition coefficient (Wildman–Crippen LogP) is 5.74. The van der Waals surface area contributed by atoms with Crippen LogP contribution < -0.4 is 4.74 Å². The normalized spacial score (nSPS) is 32.6. The maximum absolute atomic E-state index is 10.9. The van der Waals surface area contributed by atoms with Crippen molar-refractivity contribution in [2.75, 3.05) is 0 Å². The Hall–Kier alpha value is -1.44. The molecule has 1 aromatic carbocycles. The maximum atomic E-state index is 10.9. The number of allylic oxidation sites excluding steroid dienone is 2. The summed E-state index contributed by atoms with van der Waals surface area (Å²) in [6, 6.07) is 3.19. The number of fused-ring (bicyclic) bond motifs is 3. The number of rotatable bonds is 4. The molecule has 1 aromatic rings. The summed E-state index contributed by atoms with van der Waals surface area (Å²) >= 11 is 0. The molecule has 23 heavy (non-hydrogen) atoms. The molecule has 0 aromatic heterocycles. The van der Waals surface area contributed by atoms with Crippen molar-refractivity contribution in [1.82, 2.24) is 0 Å². The van der Waals surface area contributed by atoms with E-state index < -0.39 is 38.0 Å². The van der Waals surface area contributed by atoms with Crippen LogP contribution in [0.3, 0.4) is 0 Å². The van der Waals surface area contributed by atoms with Crippen LogP contribution in [-0.2, 0) is 6.42 Å². The van der Waals surface area contributed by atoms with Crippen molar-refractivity contribution >= 4 is 0 Å². The summed E-state index contributed by atoms with van der Waals surface area (Å²) < 4.78 is 78.3. The molecule has 2 atom stereocenters. The molecule has 0 amide bonds. The van der Waals surface area contributed by atoms with Crippen molar-refractivity contribution in [2.45, 2.75) is 77.5 Å². The molecule has 1 aliphatic heterocycles. The third-order valence-electron chi connectivity index (χ3n) is 4.91. The van der Waals surface area contributed by atoms with Crippen LogP contribution in [0.25, 0.3) is 0 Å². The first-order valence-electron chi connectivity index (χ1n) is 12.9. The van der Waals surface area contributed by atoms with Crippen LogP contribution in [0.4, 0.5) is 0 Å². The first-order valence-corrected chi connectivity index (χ1v) is 8.39. The minimum Gasteiger partial charge on any atom is -0.507 e. The Morgan fingerprint density at radius 2 is 2.22 bits per heavy atom. The zero-order valence-electron chi connectivity index (χ0n) is 22.5. The van der Waals surface area contributed by atoms with Crippen molar-refractivity contribution in [3.63, 3.8) is 0 Å².